The molecule has 1 aliphatic heterocycles. The Morgan fingerprint density at radius 2 is 1.41 bits per heavy atom. The first-order valence-corrected chi connectivity index (χ1v) is 15.6. The Morgan fingerprint density at radius 1 is 0.841 bits per heavy atom. The number of aromatic hydroxyl groups is 2. The van der Waals surface area contributed by atoms with Gasteiger partial charge in [0, 0.05) is 23.8 Å². The van der Waals surface area contributed by atoms with Gasteiger partial charge in [0.25, 0.3) is 0 Å². The fourth-order valence-electron chi connectivity index (χ4n) is 6.54. The summed E-state index contributed by atoms with van der Waals surface area (Å²) in [5, 5.41) is 29.5. The first-order valence-electron chi connectivity index (χ1n) is 15.6. The third-order valence-corrected chi connectivity index (χ3v) is 9.54. The average molecular weight is 629 g/mol. The maximum atomic E-state index is 13.3. The summed E-state index contributed by atoms with van der Waals surface area (Å²) in [5.41, 5.74) is 0.501. The molecular weight excluding hydrogens is 583 g/mol. The predicted molar refractivity (Wildman–Crippen MR) is 159 cm³/mol. The van der Waals surface area contributed by atoms with Gasteiger partial charge in [-0.1, -0.05) is 77.0 Å². The fraction of sp³-hybridized carbons (Fsp3) is 0.618. The van der Waals surface area contributed by atoms with Gasteiger partial charge in [0.2, 0.25) is 0 Å². The van der Waals surface area contributed by atoms with Gasteiger partial charge in [0.1, 0.15) is 17.2 Å². The number of hydrogen-bond donors (Lipinski definition) is 3. The molecule has 0 radical (unpaired) electrons. The quantitative estimate of drug-likeness (QED) is 0.120. The van der Waals surface area contributed by atoms with E-state index in [4.69, 9.17) is 4.74 Å². The van der Waals surface area contributed by atoms with Gasteiger partial charge < -0.3 is 20.1 Å². The van der Waals surface area contributed by atoms with Gasteiger partial charge in [-0.15, -0.1) is 0 Å². The first-order chi connectivity index (χ1) is 20.6. The van der Waals surface area contributed by atoms with Gasteiger partial charge in [-0.3, -0.25) is 4.79 Å². The van der Waals surface area contributed by atoms with E-state index in [0.717, 1.165) is 56.1 Å². The number of carboxylic acids is 1. The van der Waals surface area contributed by atoms with Gasteiger partial charge >= 0.3 is 18.1 Å². The molecule has 44 heavy (non-hydrogen) atoms. The summed E-state index contributed by atoms with van der Waals surface area (Å²) in [4.78, 5) is 12.0. The van der Waals surface area contributed by atoms with E-state index in [1.807, 2.05) is 18.2 Å². The Bertz CT molecular complexity index is 1220. The molecular formula is C34H45F5O5. The number of carboxylic acid groups (broad SMARTS) is 1. The maximum absolute atomic E-state index is 13.3. The van der Waals surface area contributed by atoms with E-state index < -0.39 is 36.3 Å². The van der Waals surface area contributed by atoms with Crippen molar-refractivity contribution in [3.63, 3.8) is 0 Å². The van der Waals surface area contributed by atoms with Crippen molar-refractivity contribution in [2.24, 2.45) is 5.41 Å². The Balaban J connectivity index is 1.46. The molecule has 0 amide bonds. The second kappa shape index (κ2) is 14.8. The number of carbonyl (C=O) groups is 1. The summed E-state index contributed by atoms with van der Waals surface area (Å²) in [6, 6.07) is 12.4. The number of unbranched alkanes of at least 4 members (excludes halogenated alkanes) is 6. The van der Waals surface area contributed by atoms with Crippen LogP contribution < -0.4 is 4.74 Å². The highest BCUT2D eigenvalue weighted by molar-refractivity contribution is 5.74. The summed E-state index contributed by atoms with van der Waals surface area (Å²) in [6.45, 7) is 4.25. The number of alkyl halides is 5. The maximum Gasteiger partial charge on any atom is 0.453 e. The highest BCUT2D eigenvalue weighted by atomic mass is 19.4. The number of halogens is 5. The molecule has 5 nitrogen and oxygen atoms in total. The van der Waals surface area contributed by atoms with Crippen molar-refractivity contribution in [2.45, 2.75) is 121 Å². The normalized spacial score (nSPS) is 20.0. The van der Waals surface area contributed by atoms with Crippen LogP contribution in [0.2, 0.25) is 0 Å². The molecule has 2 aromatic carbocycles. The zero-order valence-corrected chi connectivity index (χ0v) is 25.6. The van der Waals surface area contributed by atoms with Gasteiger partial charge in [-0.2, -0.15) is 22.0 Å². The van der Waals surface area contributed by atoms with Crippen molar-refractivity contribution >= 4 is 5.97 Å². The lowest BCUT2D eigenvalue weighted by atomic mass is 9.66. The van der Waals surface area contributed by atoms with Crippen molar-refractivity contribution in [3.05, 3.63) is 53.6 Å². The molecule has 2 aromatic rings. The predicted octanol–water partition coefficient (Wildman–Crippen LogP) is 9.89. The van der Waals surface area contributed by atoms with E-state index in [1.165, 1.54) is 0 Å². The van der Waals surface area contributed by atoms with Gasteiger partial charge in [0.15, 0.2) is 0 Å². The van der Waals surface area contributed by atoms with Crippen LogP contribution in [0.5, 0.6) is 17.2 Å². The van der Waals surface area contributed by atoms with Crippen LogP contribution >= 0.6 is 0 Å². The number of phenols is 2. The first kappa shape index (κ1) is 35.4. The van der Waals surface area contributed by atoms with Crippen LogP contribution in [-0.2, 0) is 10.2 Å². The number of benzene rings is 2. The molecule has 3 N–H and O–H groups in total. The lowest BCUT2D eigenvalue weighted by Gasteiger charge is -2.43. The number of hydrogen-bond acceptors (Lipinski definition) is 4. The monoisotopic (exact) mass is 628 g/mol. The minimum absolute atomic E-state index is 0.144. The highest BCUT2D eigenvalue weighted by Gasteiger charge is 2.56. The van der Waals surface area contributed by atoms with E-state index in [9.17, 15) is 42.1 Å². The Kier molecular flexibility index (Phi) is 11.9. The lowest BCUT2D eigenvalue weighted by Crippen LogP contribution is -2.40. The Morgan fingerprint density at radius 3 is 2.00 bits per heavy atom. The van der Waals surface area contributed by atoms with E-state index in [0.29, 0.717) is 18.8 Å². The van der Waals surface area contributed by atoms with Crippen molar-refractivity contribution in [3.8, 4) is 17.2 Å². The molecule has 3 atom stereocenters. The zero-order chi connectivity index (χ0) is 32.6. The molecule has 3 rings (SSSR count). The fourth-order valence-corrected chi connectivity index (χ4v) is 6.54. The van der Waals surface area contributed by atoms with Crippen molar-refractivity contribution in [1.82, 2.24) is 0 Å². The van der Waals surface area contributed by atoms with E-state index >= 15 is 0 Å². The van der Waals surface area contributed by atoms with Crippen LogP contribution in [0.3, 0.4) is 0 Å². The average Bonchev–Trinajstić information content (AvgIpc) is 2.95. The number of rotatable bonds is 17. The summed E-state index contributed by atoms with van der Waals surface area (Å²) in [5.74, 6) is -4.77. The molecule has 0 saturated carbocycles. The molecule has 0 aromatic heterocycles. The van der Waals surface area contributed by atoms with Gasteiger partial charge in [0.05, 0.1) is 12.0 Å². The van der Waals surface area contributed by atoms with Crippen LogP contribution in [0, 0.1) is 5.41 Å². The van der Waals surface area contributed by atoms with Crippen molar-refractivity contribution in [1.29, 1.82) is 0 Å². The molecule has 0 saturated heterocycles. The van der Waals surface area contributed by atoms with Crippen LogP contribution in [0.25, 0.3) is 0 Å². The molecule has 0 aliphatic carbocycles. The molecule has 0 fully saturated rings. The van der Waals surface area contributed by atoms with Gasteiger partial charge in [-0.05, 0) is 61.4 Å². The SMILES string of the molecule is CCC(CCCCCCCCC[C@@H]1c2ccc(O)cc2OC[C@]1(C)c1ccc(O)cc1)(CCCC(F)(F)C(F)(F)F)C(=O)O. The summed E-state index contributed by atoms with van der Waals surface area (Å²) >= 11 is 0. The third-order valence-electron chi connectivity index (χ3n) is 9.54. The minimum Gasteiger partial charge on any atom is -0.508 e. The molecule has 1 heterocycles. The van der Waals surface area contributed by atoms with Crippen LogP contribution in [0.15, 0.2) is 42.5 Å². The Hall–Kier alpha value is -3.04. The minimum atomic E-state index is -5.63. The Labute approximate surface area is 256 Å². The second-order valence-corrected chi connectivity index (χ2v) is 12.5. The largest absolute Gasteiger partial charge is 0.508 e. The number of phenolic OH excluding ortho intramolecular Hbond substituents is 2. The molecule has 1 aliphatic rings. The molecule has 1 unspecified atom stereocenters. The standard InChI is InChI=1S/C34H45F5O5/c1-3-32(30(42)43,20-11-21-33(35,36)34(37,38)39)19-10-8-6-4-5-7-9-12-28-27-18-17-26(41)22-29(27)44-23-31(28,2)24-13-15-25(40)16-14-24/h13-18,22,28,40-41H,3-12,19-21,23H2,1-2H3,(H,42,43)/t28-,31-,32?/m1/s1. The van der Waals surface area contributed by atoms with E-state index in [-0.39, 0.29) is 42.1 Å². The zero-order valence-electron chi connectivity index (χ0n) is 25.6. The van der Waals surface area contributed by atoms with E-state index in [2.05, 4.69) is 6.92 Å². The second-order valence-electron chi connectivity index (χ2n) is 12.5. The molecule has 0 spiro atoms. The van der Waals surface area contributed by atoms with Gasteiger partial charge in [-0.25, -0.2) is 0 Å². The highest BCUT2D eigenvalue weighted by Crippen LogP contribution is 2.50. The number of aliphatic carboxylic acids is 1. The summed E-state index contributed by atoms with van der Waals surface area (Å²) in [7, 11) is 0. The summed E-state index contributed by atoms with van der Waals surface area (Å²) < 4.78 is 70.2. The summed E-state index contributed by atoms with van der Waals surface area (Å²) in [6.07, 6.45) is -0.253. The van der Waals surface area contributed by atoms with E-state index in [1.54, 1.807) is 31.2 Å². The van der Waals surface area contributed by atoms with Crippen LogP contribution in [0.4, 0.5) is 22.0 Å². The van der Waals surface area contributed by atoms with Crippen LogP contribution in [0.1, 0.15) is 114 Å². The topological polar surface area (TPSA) is 87.0 Å². The molecule has 10 heteroatoms. The molecule has 0 bridgehead atoms. The lowest BCUT2D eigenvalue weighted by molar-refractivity contribution is -0.284. The smallest absolute Gasteiger partial charge is 0.453 e. The van der Waals surface area contributed by atoms with Crippen molar-refractivity contribution < 1.29 is 46.8 Å². The molecule has 246 valence electrons. The van der Waals surface area contributed by atoms with Crippen molar-refractivity contribution in [2.75, 3.05) is 6.61 Å². The third kappa shape index (κ3) is 8.57. The van der Waals surface area contributed by atoms with Crippen LogP contribution in [-0.4, -0.2) is 40.0 Å². The number of ether oxygens (including phenoxy) is 1. The number of fused-ring (bicyclic) bond motifs is 1.